The zero-order valence-electron chi connectivity index (χ0n) is 9.82. The summed E-state index contributed by atoms with van der Waals surface area (Å²) in [6.45, 7) is 6.59. The molecule has 0 saturated carbocycles. The van der Waals surface area contributed by atoms with Crippen LogP contribution < -0.4 is 0 Å². The average molecular weight is 215 g/mol. The topological polar surface area (TPSA) is 49.8 Å². The first-order valence-electron chi connectivity index (χ1n) is 5.41. The van der Waals surface area contributed by atoms with Gasteiger partial charge in [0, 0.05) is 19.7 Å². The van der Waals surface area contributed by atoms with Gasteiger partial charge in [-0.1, -0.05) is 0 Å². The standard InChI is InChI=1S/C11H21NO3/c1-11(2,10(14)15-3)8-12-5-4-9(6-12)7-13/h9,13H,4-8H2,1-3H3. The predicted octanol–water partition coefficient (Wildman–Crippen LogP) is 0.500. The van der Waals surface area contributed by atoms with Crippen molar-refractivity contribution < 1.29 is 14.6 Å². The van der Waals surface area contributed by atoms with Crippen LogP contribution in [0.2, 0.25) is 0 Å². The Bertz CT molecular complexity index is 228. The number of nitrogens with zero attached hydrogens (tertiary/aromatic N) is 1. The fourth-order valence-electron chi connectivity index (χ4n) is 2.11. The molecule has 0 aromatic rings. The highest BCUT2D eigenvalue weighted by molar-refractivity contribution is 5.76. The molecule has 1 N–H and O–H groups in total. The number of aliphatic hydroxyl groups is 1. The molecule has 0 bridgehead atoms. The van der Waals surface area contributed by atoms with E-state index in [4.69, 9.17) is 9.84 Å². The monoisotopic (exact) mass is 215 g/mol. The third-order valence-electron chi connectivity index (χ3n) is 2.99. The summed E-state index contributed by atoms with van der Waals surface area (Å²) in [6, 6.07) is 0. The van der Waals surface area contributed by atoms with Gasteiger partial charge in [0.15, 0.2) is 0 Å². The van der Waals surface area contributed by atoms with Gasteiger partial charge in [0.05, 0.1) is 12.5 Å². The molecule has 0 aromatic heterocycles. The van der Waals surface area contributed by atoms with Crippen molar-refractivity contribution in [2.24, 2.45) is 11.3 Å². The quantitative estimate of drug-likeness (QED) is 0.694. The second-order valence-corrected chi connectivity index (χ2v) is 4.95. The Morgan fingerprint density at radius 1 is 1.60 bits per heavy atom. The van der Waals surface area contributed by atoms with E-state index in [1.807, 2.05) is 13.8 Å². The van der Waals surface area contributed by atoms with Crippen molar-refractivity contribution in [3.05, 3.63) is 0 Å². The average Bonchev–Trinajstić information content (AvgIpc) is 2.63. The first kappa shape index (κ1) is 12.5. The summed E-state index contributed by atoms with van der Waals surface area (Å²) in [6.07, 6.45) is 1.02. The number of ether oxygens (including phenoxy) is 1. The fourth-order valence-corrected chi connectivity index (χ4v) is 2.11. The van der Waals surface area contributed by atoms with Crippen LogP contribution >= 0.6 is 0 Å². The Labute approximate surface area is 91.2 Å². The normalized spacial score (nSPS) is 23.1. The Kier molecular flexibility index (Phi) is 4.11. The summed E-state index contributed by atoms with van der Waals surface area (Å²) in [5, 5.41) is 9.02. The van der Waals surface area contributed by atoms with Crippen LogP contribution in [0.1, 0.15) is 20.3 Å². The molecule has 4 heteroatoms. The van der Waals surface area contributed by atoms with Crippen molar-refractivity contribution in [3.63, 3.8) is 0 Å². The van der Waals surface area contributed by atoms with Crippen LogP contribution in [0, 0.1) is 11.3 Å². The van der Waals surface area contributed by atoms with Crippen molar-refractivity contribution in [2.45, 2.75) is 20.3 Å². The summed E-state index contributed by atoms with van der Waals surface area (Å²) >= 11 is 0. The maximum absolute atomic E-state index is 11.5. The van der Waals surface area contributed by atoms with Gasteiger partial charge in [-0.15, -0.1) is 0 Å². The fraction of sp³-hybridized carbons (Fsp3) is 0.909. The second kappa shape index (κ2) is 4.94. The lowest BCUT2D eigenvalue weighted by atomic mass is 9.93. The molecule has 4 nitrogen and oxygen atoms in total. The summed E-state index contributed by atoms with van der Waals surface area (Å²) in [5.74, 6) is 0.202. The number of esters is 1. The van der Waals surface area contributed by atoms with Gasteiger partial charge in [0.1, 0.15) is 0 Å². The Morgan fingerprint density at radius 2 is 2.27 bits per heavy atom. The first-order valence-corrected chi connectivity index (χ1v) is 5.41. The van der Waals surface area contributed by atoms with Crippen LogP contribution in [0.4, 0.5) is 0 Å². The molecule has 1 saturated heterocycles. The van der Waals surface area contributed by atoms with Gasteiger partial charge in [-0.25, -0.2) is 0 Å². The number of carbonyl (C=O) groups excluding carboxylic acids is 1. The largest absolute Gasteiger partial charge is 0.469 e. The highest BCUT2D eigenvalue weighted by atomic mass is 16.5. The van der Waals surface area contributed by atoms with Gasteiger partial charge in [-0.05, 0) is 32.7 Å². The van der Waals surface area contributed by atoms with Crippen LogP contribution in [0.3, 0.4) is 0 Å². The number of rotatable bonds is 4. The maximum atomic E-state index is 11.5. The predicted molar refractivity (Wildman–Crippen MR) is 57.4 cm³/mol. The second-order valence-electron chi connectivity index (χ2n) is 4.95. The molecule has 0 spiro atoms. The number of likely N-dealkylation sites (tertiary alicyclic amines) is 1. The van der Waals surface area contributed by atoms with E-state index < -0.39 is 5.41 Å². The Balaban J connectivity index is 2.45. The third-order valence-corrected chi connectivity index (χ3v) is 2.99. The number of hydrogen-bond donors (Lipinski definition) is 1. The maximum Gasteiger partial charge on any atom is 0.312 e. The van der Waals surface area contributed by atoms with Crippen molar-refractivity contribution in [3.8, 4) is 0 Å². The van der Waals surface area contributed by atoms with E-state index in [9.17, 15) is 4.79 Å². The van der Waals surface area contributed by atoms with Crippen molar-refractivity contribution in [1.29, 1.82) is 0 Å². The minimum atomic E-state index is -0.459. The summed E-state index contributed by atoms with van der Waals surface area (Å²) in [4.78, 5) is 13.7. The molecule has 1 fully saturated rings. The molecule has 1 heterocycles. The zero-order chi connectivity index (χ0) is 11.5. The molecule has 0 aliphatic carbocycles. The molecule has 1 aliphatic heterocycles. The van der Waals surface area contributed by atoms with Gasteiger partial charge in [-0.3, -0.25) is 4.79 Å². The molecular formula is C11H21NO3. The van der Waals surface area contributed by atoms with E-state index in [2.05, 4.69) is 4.90 Å². The van der Waals surface area contributed by atoms with E-state index in [1.54, 1.807) is 0 Å². The van der Waals surface area contributed by atoms with E-state index in [0.29, 0.717) is 12.5 Å². The number of aliphatic hydroxyl groups excluding tert-OH is 1. The van der Waals surface area contributed by atoms with Gasteiger partial charge in [0.2, 0.25) is 0 Å². The molecule has 1 rings (SSSR count). The minimum Gasteiger partial charge on any atom is -0.469 e. The first-order chi connectivity index (χ1) is 6.99. The van der Waals surface area contributed by atoms with Crippen molar-refractivity contribution in [1.82, 2.24) is 4.90 Å². The molecule has 15 heavy (non-hydrogen) atoms. The number of carbonyl (C=O) groups is 1. The molecule has 0 aromatic carbocycles. The van der Waals surface area contributed by atoms with E-state index in [1.165, 1.54) is 7.11 Å². The van der Waals surface area contributed by atoms with Gasteiger partial charge in [0.25, 0.3) is 0 Å². The smallest absolute Gasteiger partial charge is 0.312 e. The number of hydrogen-bond acceptors (Lipinski definition) is 4. The molecular weight excluding hydrogens is 194 g/mol. The lowest BCUT2D eigenvalue weighted by Crippen LogP contribution is -2.39. The summed E-state index contributed by atoms with van der Waals surface area (Å²) in [7, 11) is 1.42. The molecule has 88 valence electrons. The SMILES string of the molecule is COC(=O)C(C)(C)CN1CCC(CO)C1. The molecule has 1 aliphatic rings. The van der Waals surface area contributed by atoms with Gasteiger partial charge in [-0.2, -0.15) is 0 Å². The summed E-state index contributed by atoms with van der Waals surface area (Å²) < 4.78 is 4.76. The van der Waals surface area contributed by atoms with E-state index in [-0.39, 0.29) is 12.6 Å². The molecule has 0 radical (unpaired) electrons. The van der Waals surface area contributed by atoms with Crippen LogP contribution in [-0.2, 0) is 9.53 Å². The molecule has 1 unspecified atom stereocenters. The number of methoxy groups -OCH3 is 1. The van der Waals surface area contributed by atoms with Gasteiger partial charge < -0.3 is 14.7 Å². The van der Waals surface area contributed by atoms with Crippen molar-refractivity contribution in [2.75, 3.05) is 33.4 Å². The lowest BCUT2D eigenvalue weighted by Gasteiger charge is -2.27. The molecule has 0 amide bonds. The summed E-state index contributed by atoms with van der Waals surface area (Å²) in [5.41, 5.74) is -0.459. The highest BCUT2D eigenvalue weighted by Gasteiger charge is 2.33. The highest BCUT2D eigenvalue weighted by Crippen LogP contribution is 2.23. The molecule has 1 atom stereocenters. The third kappa shape index (κ3) is 3.18. The van der Waals surface area contributed by atoms with E-state index in [0.717, 1.165) is 19.5 Å². The van der Waals surface area contributed by atoms with Crippen LogP contribution in [0.15, 0.2) is 0 Å². The van der Waals surface area contributed by atoms with Crippen LogP contribution in [-0.4, -0.2) is 49.3 Å². The van der Waals surface area contributed by atoms with Crippen LogP contribution in [0.5, 0.6) is 0 Å². The minimum absolute atomic E-state index is 0.171. The van der Waals surface area contributed by atoms with Crippen molar-refractivity contribution >= 4 is 5.97 Å². The Morgan fingerprint density at radius 3 is 2.73 bits per heavy atom. The lowest BCUT2D eigenvalue weighted by molar-refractivity contribution is -0.151. The van der Waals surface area contributed by atoms with Gasteiger partial charge >= 0.3 is 5.97 Å². The van der Waals surface area contributed by atoms with Crippen LogP contribution in [0.25, 0.3) is 0 Å². The Hall–Kier alpha value is -0.610. The zero-order valence-corrected chi connectivity index (χ0v) is 9.82. The van der Waals surface area contributed by atoms with E-state index >= 15 is 0 Å².